The van der Waals surface area contributed by atoms with Crippen LogP contribution in [0, 0.1) is 0 Å². The van der Waals surface area contributed by atoms with Crippen LogP contribution in [0.25, 0.3) is 26.7 Å². The van der Waals surface area contributed by atoms with Gasteiger partial charge in [0.05, 0.1) is 22.8 Å². The number of benzene rings is 1. The van der Waals surface area contributed by atoms with Crippen molar-refractivity contribution in [3.8, 4) is 10.6 Å². The fourth-order valence-electron chi connectivity index (χ4n) is 3.29. The Kier molecular flexibility index (Phi) is 4.65. The fourth-order valence-corrected chi connectivity index (χ4v) is 4.32. The Bertz CT molecular complexity index is 880. The van der Waals surface area contributed by atoms with Gasteiger partial charge in [-0.15, -0.1) is 11.3 Å². The quantitative estimate of drug-likeness (QED) is 0.514. The number of imidazole rings is 1. The largest absolute Gasteiger partial charge is 0.384 e. The third kappa shape index (κ3) is 3.82. The van der Waals surface area contributed by atoms with Crippen molar-refractivity contribution in [1.82, 2.24) is 9.97 Å². The first-order chi connectivity index (χ1) is 12.3. The molecule has 0 spiro atoms. The number of aromatic amines is 1. The summed E-state index contributed by atoms with van der Waals surface area (Å²) in [6.07, 6.45) is 11.8. The van der Waals surface area contributed by atoms with Crippen LogP contribution < -0.4 is 5.73 Å². The first kappa shape index (κ1) is 16.1. The van der Waals surface area contributed by atoms with Crippen LogP contribution in [0.2, 0.25) is 0 Å². The van der Waals surface area contributed by atoms with Gasteiger partial charge in [-0.05, 0) is 42.5 Å². The van der Waals surface area contributed by atoms with E-state index in [1.807, 2.05) is 18.3 Å². The van der Waals surface area contributed by atoms with Gasteiger partial charge in [0.1, 0.15) is 11.7 Å². The van der Waals surface area contributed by atoms with Crippen molar-refractivity contribution in [3.05, 3.63) is 48.4 Å². The molecule has 128 valence electrons. The molecular formula is C20H22N4S. The third-order valence-electron chi connectivity index (χ3n) is 4.60. The van der Waals surface area contributed by atoms with Crippen molar-refractivity contribution in [2.75, 3.05) is 0 Å². The van der Waals surface area contributed by atoms with Crippen LogP contribution >= 0.6 is 11.3 Å². The molecule has 3 aromatic rings. The number of H-pyrrole nitrogens is 1. The molecule has 4 rings (SSSR count). The molecule has 0 amide bonds. The molecule has 3 N–H and O–H groups in total. The minimum absolute atomic E-state index is 0.393. The number of rotatable bonds is 4. The molecule has 2 heterocycles. The van der Waals surface area contributed by atoms with Gasteiger partial charge in [0.2, 0.25) is 0 Å². The zero-order valence-electron chi connectivity index (χ0n) is 14.1. The molecule has 0 bridgehead atoms. The van der Waals surface area contributed by atoms with Crippen LogP contribution in [0.3, 0.4) is 0 Å². The summed E-state index contributed by atoms with van der Waals surface area (Å²) in [7, 11) is 0. The molecule has 4 nitrogen and oxygen atoms in total. The van der Waals surface area contributed by atoms with E-state index < -0.39 is 0 Å². The van der Waals surface area contributed by atoms with E-state index in [4.69, 9.17) is 5.73 Å². The zero-order valence-corrected chi connectivity index (χ0v) is 14.9. The maximum atomic E-state index is 6.04. The predicted octanol–water partition coefficient (Wildman–Crippen LogP) is 4.99. The number of hydrogen-bond donors (Lipinski definition) is 2. The molecule has 0 saturated heterocycles. The van der Waals surface area contributed by atoms with E-state index in [0.717, 1.165) is 24.4 Å². The Morgan fingerprint density at radius 3 is 2.92 bits per heavy atom. The zero-order chi connectivity index (χ0) is 17.1. The summed E-state index contributed by atoms with van der Waals surface area (Å²) in [5, 5.41) is 1.26. The number of aromatic nitrogens is 2. The molecular weight excluding hydrogens is 328 g/mol. The van der Waals surface area contributed by atoms with Gasteiger partial charge in [0.25, 0.3) is 0 Å². The maximum absolute atomic E-state index is 6.04. The summed E-state index contributed by atoms with van der Waals surface area (Å²) in [5.74, 6) is 1.39. The van der Waals surface area contributed by atoms with Crippen LogP contribution in [0.1, 0.15) is 37.9 Å². The number of nitrogens with two attached hydrogens (primary N) is 1. The second-order valence-electron chi connectivity index (χ2n) is 6.51. The Balaban J connectivity index is 1.48. The normalized spacial score (nSPS) is 16.9. The summed E-state index contributed by atoms with van der Waals surface area (Å²) in [6, 6.07) is 11.0. The van der Waals surface area contributed by atoms with Gasteiger partial charge in [-0.2, -0.15) is 0 Å². The van der Waals surface area contributed by atoms with Gasteiger partial charge in [0.15, 0.2) is 0 Å². The molecule has 0 atom stereocenters. The van der Waals surface area contributed by atoms with Crippen molar-refractivity contribution < 1.29 is 0 Å². The van der Waals surface area contributed by atoms with Crippen LogP contribution in [0.15, 0.2) is 47.6 Å². The Morgan fingerprint density at radius 1 is 1.24 bits per heavy atom. The molecule has 1 aromatic carbocycles. The van der Waals surface area contributed by atoms with E-state index in [9.17, 15) is 0 Å². The van der Waals surface area contributed by atoms with Crippen molar-refractivity contribution in [2.24, 2.45) is 10.7 Å². The van der Waals surface area contributed by atoms with Crippen molar-refractivity contribution >= 4 is 33.3 Å². The average molecular weight is 350 g/mol. The lowest BCUT2D eigenvalue weighted by atomic mass is 9.96. The topological polar surface area (TPSA) is 67.1 Å². The first-order valence-corrected chi connectivity index (χ1v) is 9.65. The van der Waals surface area contributed by atoms with Crippen molar-refractivity contribution in [2.45, 2.75) is 38.1 Å². The molecule has 0 aliphatic heterocycles. The minimum Gasteiger partial charge on any atom is -0.384 e. The van der Waals surface area contributed by atoms with E-state index >= 15 is 0 Å². The predicted molar refractivity (Wildman–Crippen MR) is 107 cm³/mol. The van der Waals surface area contributed by atoms with Gasteiger partial charge in [-0.1, -0.05) is 37.5 Å². The standard InChI is InChI=1S/C20H22N4S/c21-19(23-15-7-2-1-3-8-15)10-11-20-22-13-16(24-20)18-12-14-6-4-5-9-17(14)25-18/h4-6,9-13,15H,1-3,7-8H2,(H2,21,23)(H,22,24)/b11-10-. The number of nitrogens with one attached hydrogen (secondary N) is 1. The van der Waals surface area contributed by atoms with Gasteiger partial charge < -0.3 is 10.7 Å². The second kappa shape index (κ2) is 7.23. The smallest absolute Gasteiger partial charge is 0.130 e. The molecule has 1 fully saturated rings. The molecule has 1 aliphatic carbocycles. The highest BCUT2D eigenvalue weighted by Gasteiger charge is 2.11. The first-order valence-electron chi connectivity index (χ1n) is 8.83. The van der Waals surface area contributed by atoms with Crippen molar-refractivity contribution in [3.63, 3.8) is 0 Å². The van der Waals surface area contributed by atoms with E-state index in [1.54, 1.807) is 11.3 Å². The molecule has 0 unspecified atom stereocenters. The monoisotopic (exact) mass is 350 g/mol. The fraction of sp³-hybridized carbons (Fsp3) is 0.300. The number of aliphatic imine (C=N–C) groups is 1. The van der Waals surface area contributed by atoms with Gasteiger partial charge in [-0.3, -0.25) is 4.99 Å². The average Bonchev–Trinajstić information content (AvgIpc) is 3.27. The summed E-state index contributed by atoms with van der Waals surface area (Å²) in [4.78, 5) is 13.6. The highest BCUT2D eigenvalue weighted by Crippen LogP contribution is 2.32. The maximum Gasteiger partial charge on any atom is 0.130 e. The Morgan fingerprint density at radius 2 is 2.08 bits per heavy atom. The molecule has 1 aliphatic rings. The van der Waals surface area contributed by atoms with E-state index in [-0.39, 0.29) is 0 Å². The third-order valence-corrected chi connectivity index (χ3v) is 5.75. The lowest BCUT2D eigenvalue weighted by Crippen LogP contribution is -2.16. The van der Waals surface area contributed by atoms with E-state index in [2.05, 4.69) is 45.3 Å². The van der Waals surface area contributed by atoms with Gasteiger partial charge in [0, 0.05) is 4.70 Å². The number of fused-ring (bicyclic) bond motifs is 1. The molecule has 5 heteroatoms. The number of thiophene rings is 1. The number of nitrogens with zero attached hydrogens (tertiary/aromatic N) is 2. The number of amidine groups is 1. The lowest BCUT2D eigenvalue weighted by Gasteiger charge is -2.17. The SMILES string of the molecule is NC(/C=C\c1ncc(-c2cc3ccccc3s2)[nH]1)=NC1CCCCC1. The summed E-state index contributed by atoms with van der Waals surface area (Å²) in [5.41, 5.74) is 7.08. The Labute approximate surface area is 151 Å². The Hall–Kier alpha value is -2.40. The molecule has 0 radical (unpaired) electrons. The molecule has 25 heavy (non-hydrogen) atoms. The number of hydrogen-bond acceptors (Lipinski definition) is 3. The van der Waals surface area contributed by atoms with Crippen LogP contribution in [-0.2, 0) is 0 Å². The minimum atomic E-state index is 0.393. The van der Waals surface area contributed by atoms with Crippen LogP contribution in [0.4, 0.5) is 0 Å². The second-order valence-corrected chi connectivity index (χ2v) is 7.59. The van der Waals surface area contributed by atoms with Crippen molar-refractivity contribution in [1.29, 1.82) is 0 Å². The lowest BCUT2D eigenvalue weighted by molar-refractivity contribution is 0.443. The summed E-state index contributed by atoms with van der Waals surface area (Å²) in [6.45, 7) is 0. The van der Waals surface area contributed by atoms with Gasteiger partial charge in [-0.25, -0.2) is 4.98 Å². The summed E-state index contributed by atoms with van der Waals surface area (Å²) >= 11 is 1.77. The highest BCUT2D eigenvalue weighted by molar-refractivity contribution is 7.22. The van der Waals surface area contributed by atoms with Crippen LogP contribution in [-0.4, -0.2) is 21.8 Å². The highest BCUT2D eigenvalue weighted by atomic mass is 32.1. The van der Waals surface area contributed by atoms with Crippen LogP contribution in [0.5, 0.6) is 0 Å². The van der Waals surface area contributed by atoms with E-state index in [0.29, 0.717) is 11.9 Å². The summed E-state index contributed by atoms with van der Waals surface area (Å²) < 4.78 is 1.29. The van der Waals surface area contributed by atoms with Gasteiger partial charge >= 0.3 is 0 Å². The molecule has 1 saturated carbocycles. The van der Waals surface area contributed by atoms with E-state index in [1.165, 1.54) is 34.2 Å². The molecule has 2 aromatic heterocycles.